The second-order valence-corrected chi connectivity index (χ2v) is 12.9. The summed E-state index contributed by atoms with van der Waals surface area (Å²) in [6.45, 7) is 11.5. The van der Waals surface area contributed by atoms with Crippen LogP contribution in [0.25, 0.3) is 0 Å². The summed E-state index contributed by atoms with van der Waals surface area (Å²) in [5, 5.41) is 22.7. The maximum absolute atomic E-state index is 12.9. The Hall–Kier alpha value is -2.61. The molecular weight excluding hydrogens is 582 g/mol. The van der Waals surface area contributed by atoms with Crippen molar-refractivity contribution >= 4 is 49.9 Å². The molecule has 0 aliphatic heterocycles. The van der Waals surface area contributed by atoms with E-state index in [9.17, 15) is 10.1 Å². The molecule has 2 heterocycles. The lowest BCUT2D eigenvalue weighted by atomic mass is 9.69. The zero-order valence-electron chi connectivity index (χ0n) is 21.9. The molecule has 1 unspecified atom stereocenters. The number of hydrogen-bond acceptors (Lipinski definition) is 7. The van der Waals surface area contributed by atoms with E-state index in [1.165, 1.54) is 16.6 Å². The second-order valence-electron chi connectivity index (χ2n) is 9.98. The molecule has 7 nitrogen and oxygen atoms in total. The van der Waals surface area contributed by atoms with E-state index in [1.807, 2.05) is 28.8 Å². The van der Waals surface area contributed by atoms with Gasteiger partial charge in [-0.05, 0) is 60.4 Å². The molecule has 4 rings (SSSR count). The van der Waals surface area contributed by atoms with E-state index in [1.54, 1.807) is 17.4 Å². The van der Waals surface area contributed by atoms with Crippen LogP contribution in [-0.4, -0.2) is 26.4 Å². The molecule has 38 heavy (non-hydrogen) atoms. The number of carbonyl (C=O) groups excluding carboxylic acids is 1. The van der Waals surface area contributed by atoms with E-state index in [0.717, 1.165) is 41.5 Å². The van der Waals surface area contributed by atoms with E-state index in [0.29, 0.717) is 34.0 Å². The third-order valence-corrected chi connectivity index (χ3v) is 9.93. The first-order valence-electron chi connectivity index (χ1n) is 12.6. The lowest BCUT2D eigenvalue weighted by molar-refractivity contribution is -0.113. The number of thioether (sulfide) groups is 1. The lowest BCUT2D eigenvalue weighted by Gasteiger charge is -2.36. The molecule has 0 spiro atoms. The first-order chi connectivity index (χ1) is 18.2. The number of carbonyl (C=O) groups is 1. The Bertz CT molecular complexity index is 1340. The number of ether oxygens (including phenoxy) is 1. The highest BCUT2D eigenvalue weighted by Crippen LogP contribution is 2.45. The highest BCUT2D eigenvalue weighted by atomic mass is 79.9. The van der Waals surface area contributed by atoms with Gasteiger partial charge in [0.25, 0.3) is 0 Å². The van der Waals surface area contributed by atoms with E-state index in [4.69, 9.17) is 4.74 Å². The summed E-state index contributed by atoms with van der Waals surface area (Å²) in [4.78, 5) is 14.1. The summed E-state index contributed by atoms with van der Waals surface area (Å²) < 4.78 is 8.73. The van der Waals surface area contributed by atoms with Gasteiger partial charge in [0.05, 0.1) is 11.3 Å². The number of aromatic nitrogens is 3. The number of nitrogens with zero attached hydrogens (tertiary/aromatic N) is 4. The van der Waals surface area contributed by atoms with Crippen molar-refractivity contribution in [3.8, 4) is 11.8 Å². The number of benzene rings is 1. The average Bonchev–Trinajstić information content (AvgIpc) is 3.46. The summed E-state index contributed by atoms with van der Waals surface area (Å²) in [5.41, 5.74) is 2.00. The van der Waals surface area contributed by atoms with Crippen LogP contribution < -0.4 is 10.1 Å². The molecule has 0 fully saturated rings. The van der Waals surface area contributed by atoms with Crippen molar-refractivity contribution in [2.24, 2.45) is 11.3 Å². The van der Waals surface area contributed by atoms with E-state index < -0.39 is 0 Å². The monoisotopic (exact) mass is 613 g/mol. The lowest BCUT2D eigenvalue weighted by Crippen LogP contribution is -2.28. The second kappa shape index (κ2) is 12.5. The molecular formula is C28H32BrN5O2S2. The van der Waals surface area contributed by atoms with Crippen LogP contribution in [0.2, 0.25) is 0 Å². The first-order valence-corrected chi connectivity index (χ1v) is 15.2. The molecule has 3 aromatic rings. The molecule has 0 bridgehead atoms. The molecule has 0 radical (unpaired) electrons. The molecule has 1 aromatic carbocycles. The topological polar surface area (TPSA) is 92.8 Å². The van der Waals surface area contributed by atoms with Crippen LogP contribution in [0.1, 0.15) is 55.4 Å². The normalized spacial score (nSPS) is 15.0. The number of allylic oxidation sites excluding steroid dienone is 1. The van der Waals surface area contributed by atoms with Crippen molar-refractivity contribution in [3.63, 3.8) is 0 Å². The minimum absolute atomic E-state index is 0.155. The number of hydrogen-bond donors (Lipinski definition) is 1. The Kier molecular flexibility index (Phi) is 9.34. The molecule has 1 amide bonds. The molecule has 2 aromatic heterocycles. The van der Waals surface area contributed by atoms with E-state index in [-0.39, 0.29) is 23.7 Å². The van der Waals surface area contributed by atoms with Gasteiger partial charge in [0.1, 0.15) is 23.4 Å². The number of thiophene rings is 1. The van der Waals surface area contributed by atoms with Gasteiger partial charge in [0, 0.05) is 15.9 Å². The average molecular weight is 615 g/mol. The summed E-state index contributed by atoms with van der Waals surface area (Å²) in [5.74, 6) is 1.95. The fraction of sp³-hybridized carbons (Fsp3) is 0.429. The number of nitriles is 1. The van der Waals surface area contributed by atoms with Gasteiger partial charge in [-0.15, -0.1) is 28.1 Å². The van der Waals surface area contributed by atoms with Crippen LogP contribution in [0.4, 0.5) is 5.00 Å². The number of anilines is 1. The van der Waals surface area contributed by atoms with Crippen molar-refractivity contribution in [2.45, 2.75) is 64.8 Å². The van der Waals surface area contributed by atoms with Gasteiger partial charge < -0.3 is 10.1 Å². The quantitative estimate of drug-likeness (QED) is 0.185. The van der Waals surface area contributed by atoms with Crippen molar-refractivity contribution < 1.29 is 9.53 Å². The molecule has 1 N–H and O–H groups in total. The Labute approximate surface area is 240 Å². The van der Waals surface area contributed by atoms with Crippen molar-refractivity contribution in [1.29, 1.82) is 5.26 Å². The highest BCUT2D eigenvalue weighted by Gasteiger charge is 2.34. The van der Waals surface area contributed by atoms with Crippen molar-refractivity contribution in [3.05, 3.63) is 63.2 Å². The Morgan fingerprint density at radius 2 is 2.16 bits per heavy atom. The van der Waals surface area contributed by atoms with Crippen molar-refractivity contribution in [2.75, 3.05) is 11.1 Å². The maximum atomic E-state index is 12.9. The third-order valence-electron chi connectivity index (χ3n) is 7.27. The minimum atomic E-state index is -0.170. The summed E-state index contributed by atoms with van der Waals surface area (Å²) in [6.07, 6.45) is 5.83. The van der Waals surface area contributed by atoms with Crippen LogP contribution in [-0.2, 0) is 30.8 Å². The van der Waals surface area contributed by atoms with Gasteiger partial charge in [-0.1, -0.05) is 61.0 Å². The zero-order valence-corrected chi connectivity index (χ0v) is 25.1. The smallest absolute Gasteiger partial charge is 0.235 e. The van der Waals surface area contributed by atoms with Crippen LogP contribution in [0.3, 0.4) is 0 Å². The number of amides is 1. The SMILES string of the molecule is C=CCn1c(COc2ccc(Br)cc2)nnc1SCC(=O)Nc1sc2c(c1C#N)CCC(C(C)(C)CC)C2. The van der Waals surface area contributed by atoms with Gasteiger partial charge in [0.15, 0.2) is 11.0 Å². The van der Waals surface area contributed by atoms with Crippen LogP contribution in [0.5, 0.6) is 5.75 Å². The number of nitrogens with one attached hydrogen (secondary N) is 1. The predicted octanol–water partition coefficient (Wildman–Crippen LogP) is 7.01. The molecule has 0 saturated carbocycles. The van der Waals surface area contributed by atoms with Crippen LogP contribution in [0, 0.1) is 22.7 Å². The number of rotatable bonds is 11. The van der Waals surface area contributed by atoms with Crippen LogP contribution in [0.15, 0.2) is 46.5 Å². The molecule has 1 atom stereocenters. The summed E-state index contributed by atoms with van der Waals surface area (Å²) in [6, 6.07) is 9.92. The van der Waals surface area contributed by atoms with Gasteiger partial charge in [-0.25, -0.2) is 0 Å². The Morgan fingerprint density at radius 3 is 2.84 bits per heavy atom. The highest BCUT2D eigenvalue weighted by molar-refractivity contribution is 9.10. The maximum Gasteiger partial charge on any atom is 0.235 e. The summed E-state index contributed by atoms with van der Waals surface area (Å²) >= 11 is 6.28. The molecule has 200 valence electrons. The van der Waals surface area contributed by atoms with Crippen LogP contribution >= 0.6 is 39.0 Å². The third kappa shape index (κ3) is 6.50. The molecule has 10 heteroatoms. The predicted molar refractivity (Wildman–Crippen MR) is 157 cm³/mol. The van der Waals surface area contributed by atoms with Crippen molar-refractivity contribution in [1.82, 2.24) is 14.8 Å². The fourth-order valence-electron chi connectivity index (χ4n) is 4.56. The van der Waals surface area contributed by atoms with Gasteiger partial charge in [-0.3, -0.25) is 9.36 Å². The van der Waals surface area contributed by atoms with Gasteiger partial charge in [-0.2, -0.15) is 5.26 Å². The van der Waals surface area contributed by atoms with E-state index in [2.05, 4.69) is 64.9 Å². The van der Waals surface area contributed by atoms with Gasteiger partial charge >= 0.3 is 0 Å². The van der Waals surface area contributed by atoms with Gasteiger partial charge in [0.2, 0.25) is 5.91 Å². The molecule has 0 saturated heterocycles. The number of halogens is 1. The Balaban J connectivity index is 1.40. The first kappa shape index (κ1) is 28.4. The fourth-order valence-corrected chi connectivity index (χ4v) is 6.89. The number of fused-ring (bicyclic) bond motifs is 1. The Morgan fingerprint density at radius 1 is 1.39 bits per heavy atom. The molecule has 1 aliphatic rings. The largest absolute Gasteiger partial charge is 0.486 e. The van der Waals surface area contributed by atoms with E-state index >= 15 is 0 Å². The molecule has 1 aliphatic carbocycles. The minimum Gasteiger partial charge on any atom is -0.486 e. The summed E-state index contributed by atoms with van der Waals surface area (Å²) in [7, 11) is 0. The zero-order chi connectivity index (χ0) is 27.3. The standard InChI is InChI=1S/C28H32BrN5O2S2/c1-5-13-34-24(16-36-20-10-8-19(29)9-11-20)32-33-27(34)37-17-25(35)31-26-22(15-30)21-12-7-18(14-23(21)38-26)28(3,4)6-2/h5,8-11,18H,1,6-7,12-14,16-17H2,2-4H3,(H,31,35).